The van der Waals surface area contributed by atoms with Crippen molar-refractivity contribution in [2.75, 3.05) is 17.1 Å². The molecule has 0 radical (unpaired) electrons. The van der Waals surface area contributed by atoms with Gasteiger partial charge in [0.1, 0.15) is 0 Å². The second-order valence-electron chi connectivity index (χ2n) is 10.3. The zero-order chi connectivity index (χ0) is 20.4. The summed E-state index contributed by atoms with van der Waals surface area (Å²) in [5, 5.41) is 3.33. The van der Waals surface area contributed by atoms with Crippen molar-refractivity contribution < 1.29 is 13.2 Å². The highest BCUT2D eigenvalue weighted by Crippen LogP contribution is 2.61. The molecule has 4 aliphatic carbocycles. The smallest absolute Gasteiger partial charge is 0.251 e. The Labute approximate surface area is 174 Å². The number of aryl methyl sites for hydroxylation is 1. The zero-order valence-corrected chi connectivity index (χ0v) is 18.3. The second-order valence-corrected chi connectivity index (χ2v) is 12.2. The lowest BCUT2D eigenvalue weighted by atomic mass is 9.48. The zero-order valence-electron chi connectivity index (χ0n) is 17.5. The van der Waals surface area contributed by atoms with Gasteiger partial charge in [0.15, 0.2) is 0 Å². The predicted molar refractivity (Wildman–Crippen MR) is 114 cm³/mol. The first-order valence-electron chi connectivity index (χ1n) is 11.1. The van der Waals surface area contributed by atoms with Crippen molar-refractivity contribution in [3.05, 3.63) is 29.3 Å². The van der Waals surface area contributed by atoms with Gasteiger partial charge in [-0.25, -0.2) is 8.42 Å². The molecule has 0 saturated heterocycles. The van der Waals surface area contributed by atoms with Gasteiger partial charge in [-0.3, -0.25) is 9.10 Å². The van der Waals surface area contributed by atoms with Crippen molar-refractivity contribution in [1.82, 2.24) is 5.32 Å². The summed E-state index contributed by atoms with van der Waals surface area (Å²) in [6.07, 6.45) is 10.9. The SMILES string of the molecule is C[C@@H](NC(=O)c1ccc2c(c1)CCCN2S(C)(=O)=O)C12CC3CC(CC(C3)C1)C2. The maximum atomic E-state index is 13.1. The van der Waals surface area contributed by atoms with Crippen LogP contribution in [0.25, 0.3) is 0 Å². The Morgan fingerprint density at radius 1 is 1.14 bits per heavy atom. The minimum Gasteiger partial charge on any atom is -0.349 e. The molecule has 4 saturated carbocycles. The van der Waals surface area contributed by atoms with Gasteiger partial charge in [0.2, 0.25) is 10.0 Å². The van der Waals surface area contributed by atoms with Gasteiger partial charge in [0, 0.05) is 18.2 Å². The van der Waals surface area contributed by atoms with Crippen molar-refractivity contribution in [2.45, 2.75) is 64.3 Å². The number of benzene rings is 1. The number of rotatable bonds is 4. The molecule has 5 nitrogen and oxygen atoms in total. The van der Waals surface area contributed by atoms with Crippen LogP contribution in [0.4, 0.5) is 5.69 Å². The van der Waals surface area contributed by atoms with Crippen LogP contribution in [-0.2, 0) is 16.4 Å². The molecule has 1 aromatic rings. The molecule has 1 amide bonds. The van der Waals surface area contributed by atoms with Gasteiger partial charge in [0.25, 0.3) is 5.91 Å². The maximum Gasteiger partial charge on any atom is 0.251 e. The number of hydrogen-bond donors (Lipinski definition) is 1. The van der Waals surface area contributed by atoms with Gasteiger partial charge >= 0.3 is 0 Å². The highest BCUT2D eigenvalue weighted by molar-refractivity contribution is 7.92. The summed E-state index contributed by atoms with van der Waals surface area (Å²) in [5.41, 5.74) is 2.61. The minimum atomic E-state index is -3.28. The van der Waals surface area contributed by atoms with Gasteiger partial charge in [-0.2, -0.15) is 0 Å². The quantitative estimate of drug-likeness (QED) is 0.813. The minimum absolute atomic E-state index is 0.0208. The summed E-state index contributed by atoms with van der Waals surface area (Å²) in [6.45, 7) is 2.72. The van der Waals surface area contributed by atoms with Crippen LogP contribution in [0.1, 0.15) is 67.8 Å². The molecule has 0 spiro atoms. The lowest BCUT2D eigenvalue weighted by Crippen LogP contribution is -2.55. The summed E-state index contributed by atoms with van der Waals surface area (Å²) in [6, 6.07) is 5.67. The van der Waals surface area contributed by atoms with Gasteiger partial charge in [-0.1, -0.05) is 0 Å². The molecule has 1 atom stereocenters. The predicted octanol–water partition coefficient (Wildman–Crippen LogP) is 3.73. The summed E-state index contributed by atoms with van der Waals surface area (Å²) >= 11 is 0. The molecule has 5 aliphatic rings. The molecule has 1 heterocycles. The van der Waals surface area contributed by atoms with Crippen molar-refractivity contribution in [3.63, 3.8) is 0 Å². The number of amides is 1. The van der Waals surface area contributed by atoms with E-state index in [0.717, 1.165) is 41.8 Å². The number of carbonyl (C=O) groups excluding carboxylic acids is 1. The number of nitrogens with one attached hydrogen (secondary N) is 1. The first-order chi connectivity index (χ1) is 13.7. The van der Waals surface area contributed by atoms with E-state index in [-0.39, 0.29) is 17.4 Å². The van der Waals surface area contributed by atoms with Gasteiger partial charge in [0.05, 0.1) is 11.9 Å². The Morgan fingerprint density at radius 2 is 1.76 bits per heavy atom. The number of carbonyl (C=O) groups is 1. The molecule has 4 bridgehead atoms. The van der Waals surface area contributed by atoms with E-state index in [0.29, 0.717) is 12.1 Å². The van der Waals surface area contributed by atoms with Crippen LogP contribution < -0.4 is 9.62 Å². The van der Waals surface area contributed by atoms with Gasteiger partial charge in [-0.05, 0) is 105 Å². The molecular formula is C23H32N2O3S. The van der Waals surface area contributed by atoms with E-state index < -0.39 is 10.0 Å². The van der Waals surface area contributed by atoms with Crippen molar-refractivity contribution in [1.29, 1.82) is 0 Å². The summed E-state index contributed by atoms with van der Waals surface area (Å²) in [7, 11) is -3.28. The normalized spacial score (nSPS) is 34.0. The number of fused-ring (bicyclic) bond motifs is 1. The van der Waals surface area contributed by atoms with E-state index in [9.17, 15) is 13.2 Å². The summed E-state index contributed by atoms with van der Waals surface area (Å²) in [5.74, 6) is 2.58. The molecule has 0 unspecified atom stereocenters. The van der Waals surface area contributed by atoms with Gasteiger partial charge < -0.3 is 5.32 Å². The molecule has 158 valence electrons. The molecule has 0 aromatic heterocycles. The first-order valence-corrected chi connectivity index (χ1v) is 13.0. The summed E-state index contributed by atoms with van der Waals surface area (Å²) in [4.78, 5) is 13.1. The number of anilines is 1. The Hall–Kier alpha value is -1.56. The standard InChI is InChI=1S/C23H32N2O3S/c1-15(23-12-16-8-17(13-23)10-18(9-16)14-23)24-22(26)20-5-6-21-19(11-20)4-3-7-25(21)29(2,27)28/h5-6,11,15-18H,3-4,7-10,12-14H2,1-2H3,(H,24,26)/t15-,16?,17?,18?,23?/m1/s1. The van der Waals surface area contributed by atoms with Crippen LogP contribution >= 0.6 is 0 Å². The van der Waals surface area contributed by atoms with Crippen molar-refractivity contribution in [3.8, 4) is 0 Å². The molecule has 29 heavy (non-hydrogen) atoms. The Balaban J connectivity index is 1.34. The lowest BCUT2D eigenvalue weighted by molar-refractivity contribution is -0.0688. The van der Waals surface area contributed by atoms with Crippen LogP contribution in [0.5, 0.6) is 0 Å². The van der Waals surface area contributed by atoms with E-state index in [4.69, 9.17) is 0 Å². The van der Waals surface area contributed by atoms with Crippen LogP contribution in [0, 0.1) is 23.2 Å². The molecular weight excluding hydrogens is 384 g/mol. The Kier molecular flexibility index (Phi) is 4.50. The van der Waals surface area contributed by atoms with Gasteiger partial charge in [-0.15, -0.1) is 0 Å². The van der Waals surface area contributed by atoms with E-state index in [1.54, 1.807) is 12.1 Å². The Morgan fingerprint density at radius 3 is 2.34 bits per heavy atom. The number of hydrogen-bond acceptors (Lipinski definition) is 3. The third-order valence-electron chi connectivity index (χ3n) is 8.17. The topological polar surface area (TPSA) is 66.5 Å². The highest BCUT2D eigenvalue weighted by atomic mass is 32.2. The monoisotopic (exact) mass is 416 g/mol. The average molecular weight is 417 g/mol. The van der Waals surface area contributed by atoms with Crippen LogP contribution in [0.2, 0.25) is 0 Å². The Bertz CT molecular complexity index is 904. The van der Waals surface area contributed by atoms with Crippen molar-refractivity contribution >= 4 is 21.6 Å². The first kappa shape index (κ1) is 19.4. The third kappa shape index (κ3) is 3.37. The molecule has 1 N–H and O–H groups in total. The molecule has 4 fully saturated rings. The van der Waals surface area contributed by atoms with E-state index in [2.05, 4.69) is 12.2 Å². The fourth-order valence-electron chi connectivity index (χ4n) is 7.19. The van der Waals surface area contributed by atoms with E-state index >= 15 is 0 Å². The number of sulfonamides is 1. The van der Waals surface area contributed by atoms with E-state index in [1.807, 2.05) is 6.07 Å². The van der Waals surface area contributed by atoms with E-state index in [1.165, 1.54) is 49.1 Å². The maximum absolute atomic E-state index is 13.1. The lowest BCUT2D eigenvalue weighted by Gasteiger charge is -2.59. The molecule has 6 rings (SSSR count). The fraction of sp³-hybridized carbons (Fsp3) is 0.696. The third-order valence-corrected chi connectivity index (χ3v) is 9.35. The fourth-order valence-corrected chi connectivity index (χ4v) is 8.19. The molecule has 1 aliphatic heterocycles. The van der Waals surface area contributed by atoms with Crippen LogP contribution in [-0.4, -0.2) is 33.2 Å². The average Bonchev–Trinajstić information content (AvgIpc) is 2.65. The highest BCUT2D eigenvalue weighted by Gasteiger charge is 2.53. The van der Waals surface area contributed by atoms with Crippen LogP contribution in [0.15, 0.2) is 18.2 Å². The largest absolute Gasteiger partial charge is 0.349 e. The summed E-state index contributed by atoms with van der Waals surface area (Å²) < 4.78 is 25.6. The number of nitrogens with zero attached hydrogens (tertiary/aromatic N) is 1. The second kappa shape index (κ2) is 6.73. The molecule has 6 heteroatoms. The van der Waals surface area contributed by atoms with Crippen LogP contribution in [0.3, 0.4) is 0 Å². The van der Waals surface area contributed by atoms with Crippen molar-refractivity contribution in [2.24, 2.45) is 23.2 Å². The molecule has 1 aromatic carbocycles.